The van der Waals surface area contributed by atoms with Crippen molar-refractivity contribution in [2.24, 2.45) is 0 Å². The fourth-order valence-electron chi connectivity index (χ4n) is 1.98. The molecule has 112 valence electrons. The molecule has 0 aromatic carbocycles. The van der Waals surface area contributed by atoms with E-state index in [1.807, 2.05) is 19.9 Å². The Kier molecular flexibility index (Phi) is 5.16. The largest absolute Gasteiger partial charge is 0.451 e. The summed E-state index contributed by atoms with van der Waals surface area (Å²) in [6.07, 6.45) is 4.41. The minimum Gasteiger partial charge on any atom is -0.451 e. The van der Waals surface area contributed by atoms with Gasteiger partial charge in [0.15, 0.2) is 6.39 Å². The number of oxazole rings is 1. The Morgan fingerprint density at radius 1 is 1.48 bits per heavy atom. The number of amides is 2. The molecule has 0 radical (unpaired) electrons. The summed E-state index contributed by atoms with van der Waals surface area (Å²) in [4.78, 5) is 22.2. The van der Waals surface area contributed by atoms with Crippen molar-refractivity contribution in [1.82, 2.24) is 20.2 Å². The molecule has 1 atom stereocenters. The second kappa shape index (κ2) is 7.08. The molecule has 1 N–H and O–H groups in total. The van der Waals surface area contributed by atoms with E-state index in [0.29, 0.717) is 23.8 Å². The van der Waals surface area contributed by atoms with Crippen LogP contribution in [-0.4, -0.2) is 27.4 Å². The second-order valence-electron chi connectivity index (χ2n) is 4.50. The number of nitrogens with zero attached hydrogens (tertiary/aromatic N) is 3. The predicted molar refractivity (Wildman–Crippen MR) is 78.8 cm³/mol. The zero-order valence-electron chi connectivity index (χ0n) is 11.9. The summed E-state index contributed by atoms with van der Waals surface area (Å²) >= 11 is 5.83. The summed E-state index contributed by atoms with van der Waals surface area (Å²) in [5.74, 6) is 0. The van der Waals surface area contributed by atoms with Gasteiger partial charge in [-0.1, -0.05) is 11.6 Å². The minimum atomic E-state index is -0.176. The Hall–Kier alpha value is -2.08. The topological polar surface area (TPSA) is 71.3 Å². The number of carbonyl (C=O) groups excluding carboxylic acids is 1. The summed E-state index contributed by atoms with van der Waals surface area (Å²) in [5, 5.41) is 3.38. The van der Waals surface area contributed by atoms with E-state index < -0.39 is 0 Å². The number of aromatic nitrogens is 2. The van der Waals surface area contributed by atoms with Crippen LogP contribution < -0.4 is 5.32 Å². The highest BCUT2D eigenvalue weighted by Crippen LogP contribution is 2.19. The van der Waals surface area contributed by atoms with Crippen LogP contribution in [0, 0.1) is 0 Å². The molecule has 2 heterocycles. The van der Waals surface area contributed by atoms with Gasteiger partial charge in [0.05, 0.1) is 29.0 Å². The lowest BCUT2D eigenvalue weighted by Crippen LogP contribution is -2.41. The molecule has 2 rings (SSSR count). The third-order valence-electron chi connectivity index (χ3n) is 3.15. The number of hydrogen-bond acceptors (Lipinski definition) is 4. The molecule has 2 amide bonds. The van der Waals surface area contributed by atoms with E-state index in [-0.39, 0.29) is 12.1 Å². The molecule has 2 aromatic heterocycles. The Morgan fingerprint density at radius 2 is 2.29 bits per heavy atom. The summed E-state index contributed by atoms with van der Waals surface area (Å²) in [7, 11) is 0. The first-order valence-electron chi connectivity index (χ1n) is 6.64. The molecule has 0 saturated carbocycles. The van der Waals surface area contributed by atoms with Crippen LogP contribution in [0.3, 0.4) is 0 Å². The third-order valence-corrected chi connectivity index (χ3v) is 3.38. The smallest absolute Gasteiger partial charge is 0.318 e. The molecule has 0 bridgehead atoms. The fraction of sp³-hybridized carbons (Fsp3) is 0.357. The average molecular weight is 309 g/mol. The molecule has 7 heteroatoms. The zero-order valence-corrected chi connectivity index (χ0v) is 12.7. The van der Waals surface area contributed by atoms with E-state index in [2.05, 4.69) is 15.3 Å². The van der Waals surface area contributed by atoms with Crippen molar-refractivity contribution in [1.29, 1.82) is 0 Å². The van der Waals surface area contributed by atoms with Crippen LogP contribution in [0.15, 0.2) is 35.4 Å². The van der Waals surface area contributed by atoms with Gasteiger partial charge in [-0.05, 0) is 26.0 Å². The van der Waals surface area contributed by atoms with Crippen molar-refractivity contribution in [3.8, 4) is 0 Å². The molecular weight excluding hydrogens is 292 g/mol. The molecule has 21 heavy (non-hydrogen) atoms. The van der Waals surface area contributed by atoms with E-state index in [1.54, 1.807) is 17.2 Å². The van der Waals surface area contributed by atoms with E-state index in [9.17, 15) is 4.79 Å². The molecule has 0 saturated heterocycles. The molecule has 0 aliphatic heterocycles. The second-order valence-corrected chi connectivity index (χ2v) is 4.94. The average Bonchev–Trinajstić information content (AvgIpc) is 3.00. The quantitative estimate of drug-likeness (QED) is 0.921. The van der Waals surface area contributed by atoms with Crippen LogP contribution in [-0.2, 0) is 6.54 Å². The molecule has 2 aromatic rings. The van der Waals surface area contributed by atoms with Crippen LogP contribution in [0.2, 0.25) is 5.02 Å². The van der Waals surface area contributed by atoms with Crippen molar-refractivity contribution >= 4 is 17.6 Å². The lowest BCUT2D eigenvalue weighted by atomic mass is 10.2. The maximum Gasteiger partial charge on any atom is 0.318 e. The van der Waals surface area contributed by atoms with Crippen LogP contribution in [0.4, 0.5) is 4.79 Å². The molecular formula is C14H17ClN4O2. The van der Waals surface area contributed by atoms with Gasteiger partial charge in [0.1, 0.15) is 6.26 Å². The minimum absolute atomic E-state index is 0.149. The predicted octanol–water partition coefficient (Wildman–Crippen LogP) is 3.02. The monoisotopic (exact) mass is 308 g/mol. The third kappa shape index (κ3) is 3.95. The number of carbonyl (C=O) groups is 1. The molecule has 1 unspecified atom stereocenters. The number of urea groups is 1. The number of rotatable bonds is 5. The highest BCUT2D eigenvalue weighted by Gasteiger charge is 2.20. The highest BCUT2D eigenvalue weighted by molar-refractivity contribution is 6.30. The number of nitrogens with one attached hydrogen (secondary N) is 1. The number of halogens is 1. The zero-order chi connectivity index (χ0) is 15.2. The maximum atomic E-state index is 12.3. The molecule has 6 nitrogen and oxygen atoms in total. The van der Waals surface area contributed by atoms with Gasteiger partial charge in [-0.25, -0.2) is 9.78 Å². The van der Waals surface area contributed by atoms with Crippen molar-refractivity contribution in [2.45, 2.75) is 26.4 Å². The number of hydrogen-bond donors (Lipinski definition) is 1. The van der Waals surface area contributed by atoms with Gasteiger partial charge in [-0.2, -0.15) is 0 Å². The highest BCUT2D eigenvalue weighted by atomic mass is 35.5. The van der Waals surface area contributed by atoms with Crippen molar-refractivity contribution in [2.75, 3.05) is 6.54 Å². The summed E-state index contributed by atoms with van der Waals surface area (Å²) in [5.41, 5.74) is 1.47. The summed E-state index contributed by atoms with van der Waals surface area (Å²) in [6.45, 7) is 4.74. The van der Waals surface area contributed by atoms with Gasteiger partial charge in [-0.3, -0.25) is 4.98 Å². The lowest BCUT2D eigenvalue weighted by molar-refractivity contribution is 0.181. The SMILES string of the molecule is CCN(C(=O)NCc1cocn1)C(C)c1ccc(Cl)cn1. The Balaban J connectivity index is 2.00. The first-order chi connectivity index (χ1) is 10.1. The van der Waals surface area contributed by atoms with Gasteiger partial charge in [0, 0.05) is 12.7 Å². The van der Waals surface area contributed by atoms with Gasteiger partial charge < -0.3 is 14.6 Å². The van der Waals surface area contributed by atoms with Gasteiger partial charge >= 0.3 is 6.03 Å². The Labute approximate surface area is 128 Å². The fourth-order valence-corrected chi connectivity index (χ4v) is 2.09. The molecule has 0 fully saturated rings. The first kappa shape index (κ1) is 15.3. The van der Waals surface area contributed by atoms with Crippen LogP contribution in [0.25, 0.3) is 0 Å². The molecule has 0 aliphatic carbocycles. The van der Waals surface area contributed by atoms with Crippen LogP contribution in [0.5, 0.6) is 0 Å². The first-order valence-corrected chi connectivity index (χ1v) is 7.02. The standard InChI is InChI=1S/C14H17ClN4O2/c1-3-19(10(2)13-5-4-11(15)6-16-13)14(20)17-7-12-8-21-9-18-12/h4-6,8-10H,3,7H2,1-2H3,(H,17,20). The van der Waals surface area contributed by atoms with Crippen LogP contribution in [0.1, 0.15) is 31.3 Å². The Morgan fingerprint density at radius 3 is 2.86 bits per heavy atom. The number of pyridine rings is 1. The normalized spacial score (nSPS) is 12.0. The van der Waals surface area contributed by atoms with Gasteiger partial charge in [0.25, 0.3) is 0 Å². The van der Waals surface area contributed by atoms with Crippen molar-refractivity contribution in [3.05, 3.63) is 47.4 Å². The van der Waals surface area contributed by atoms with Crippen molar-refractivity contribution < 1.29 is 9.21 Å². The lowest BCUT2D eigenvalue weighted by Gasteiger charge is -2.27. The Bertz CT molecular complexity index is 571. The van der Waals surface area contributed by atoms with E-state index in [0.717, 1.165) is 5.69 Å². The summed E-state index contributed by atoms with van der Waals surface area (Å²) in [6, 6.07) is 3.26. The van der Waals surface area contributed by atoms with Crippen LogP contribution >= 0.6 is 11.6 Å². The van der Waals surface area contributed by atoms with Crippen molar-refractivity contribution in [3.63, 3.8) is 0 Å². The molecule has 0 aliphatic rings. The maximum absolute atomic E-state index is 12.3. The van der Waals surface area contributed by atoms with E-state index in [1.165, 1.54) is 12.7 Å². The van der Waals surface area contributed by atoms with Gasteiger partial charge in [0.2, 0.25) is 0 Å². The van der Waals surface area contributed by atoms with E-state index in [4.69, 9.17) is 16.0 Å². The van der Waals surface area contributed by atoms with Gasteiger partial charge in [-0.15, -0.1) is 0 Å². The summed E-state index contributed by atoms with van der Waals surface area (Å²) < 4.78 is 4.86. The molecule has 0 spiro atoms. The van der Waals surface area contributed by atoms with E-state index >= 15 is 0 Å².